The molecule has 2 N–H and O–H groups in total. The molecule has 0 atom stereocenters. The predicted octanol–water partition coefficient (Wildman–Crippen LogP) is 4.71. The van der Waals surface area contributed by atoms with Crippen LogP contribution in [0.3, 0.4) is 0 Å². The zero-order valence-corrected chi connectivity index (χ0v) is 16.4. The number of allylic oxidation sites excluding steroid dienone is 4. The molecule has 31 heavy (non-hydrogen) atoms. The van der Waals surface area contributed by atoms with Crippen molar-refractivity contribution in [1.29, 1.82) is 0 Å². The molecule has 3 heterocycles. The molecule has 0 bridgehead atoms. The number of aromatic nitrogens is 3. The van der Waals surface area contributed by atoms with Crippen molar-refractivity contribution < 1.29 is 18.7 Å². The number of carboxylic acid groups (broad SMARTS) is 1. The highest BCUT2D eigenvalue weighted by molar-refractivity contribution is 7.16. The van der Waals surface area contributed by atoms with Crippen LogP contribution in [0.25, 0.3) is 32.2 Å². The summed E-state index contributed by atoms with van der Waals surface area (Å²) in [7, 11) is 0. The number of rotatable bonds is 4. The minimum Gasteiger partial charge on any atom is -0.477 e. The molecule has 5 rings (SSSR count). The highest BCUT2D eigenvalue weighted by Gasteiger charge is 2.28. The van der Waals surface area contributed by atoms with E-state index in [0.29, 0.717) is 22.5 Å². The minimum atomic E-state index is -1.30. The van der Waals surface area contributed by atoms with Crippen LogP contribution in [0.1, 0.15) is 10.5 Å². The van der Waals surface area contributed by atoms with Gasteiger partial charge in [-0.25, -0.2) is 14.2 Å². The van der Waals surface area contributed by atoms with E-state index in [1.165, 1.54) is 28.2 Å². The van der Waals surface area contributed by atoms with E-state index in [1.54, 1.807) is 23.7 Å². The van der Waals surface area contributed by atoms with Crippen LogP contribution in [-0.4, -0.2) is 25.6 Å². The number of halogens is 2. The topological polar surface area (TPSA) is 88.0 Å². The van der Waals surface area contributed by atoms with Gasteiger partial charge in [-0.3, -0.25) is 4.79 Å². The third-order valence-corrected chi connectivity index (χ3v) is 5.80. The van der Waals surface area contributed by atoms with E-state index in [1.807, 2.05) is 0 Å². The van der Waals surface area contributed by atoms with Crippen LogP contribution >= 0.6 is 11.3 Å². The highest BCUT2D eigenvalue weighted by Crippen LogP contribution is 2.39. The lowest BCUT2D eigenvalue weighted by molar-refractivity contribution is 0.0687. The van der Waals surface area contributed by atoms with Crippen molar-refractivity contribution in [2.45, 2.75) is 6.54 Å². The second kappa shape index (κ2) is 7.04. The summed E-state index contributed by atoms with van der Waals surface area (Å²) in [4.78, 5) is 31.9. The summed E-state index contributed by atoms with van der Waals surface area (Å²) in [5, 5.41) is 10.6. The number of fused-ring (bicyclic) bond motifs is 3. The van der Waals surface area contributed by atoms with E-state index in [-0.39, 0.29) is 28.9 Å². The van der Waals surface area contributed by atoms with Gasteiger partial charge in [-0.05, 0) is 30.0 Å². The van der Waals surface area contributed by atoms with Crippen molar-refractivity contribution in [2.75, 3.05) is 0 Å². The molecule has 0 fully saturated rings. The molecule has 0 radical (unpaired) electrons. The van der Waals surface area contributed by atoms with Crippen molar-refractivity contribution in [3.05, 3.63) is 86.8 Å². The van der Waals surface area contributed by atoms with Gasteiger partial charge in [0.25, 0.3) is 5.56 Å². The van der Waals surface area contributed by atoms with E-state index in [2.05, 4.69) is 21.4 Å². The minimum absolute atomic E-state index is 0.0623. The molecule has 0 saturated carbocycles. The van der Waals surface area contributed by atoms with Gasteiger partial charge in [0.05, 0.1) is 38.9 Å². The number of pyridine rings is 1. The third kappa shape index (κ3) is 2.96. The number of benzene rings is 1. The Morgan fingerprint density at radius 1 is 1.26 bits per heavy atom. The standard InChI is InChI=1S/C22H11F2N3O3S/c23-12-4-3-11(14(24)8-12)9-27-15-5-6-16-19(26-10-31-16)18(15)17(20(27)22(29)30)13-2-1-7-25-21(13)28/h1-2,5-8,10H,9H2,(H,25,28)(H,29,30). The van der Waals surface area contributed by atoms with Crippen LogP contribution in [-0.2, 0) is 6.54 Å². The summed E-state index contributed by atoms with van der Waals surface area (Å²) in [5.41, 5.74) is 6.80. The smallest absolute Gasteiger partial charge is 0.353 e. The van der Waals surface area contributed by atoms with Gasteiger partial charge in [-0.1, -0.05) is 5.73 Å². The monoisotopic (exact) mass is 435 g/mol. The van der Waals surface area contributed by atoms with Gasteiger partial charge in [-0.2, -0.15) is 4.39 Å². The second-order valence-corrected chi connectivity index (χ2v) is 7.64. The van der Waals surface area contributed by atoms with Crippen molar-refractivity contribution in [3.63, 3.8) is 0 Å². The normalized spacial score (nSPS) is 13.4. The maximum Gasteiger partial charge on any atom is 0.353 e. The predicted molar refractivity (Wildman–Crippen MR) is 112 cm³/mol. The maximum atomic E-state index is 14.3. The SMILES string of the molecule is O=C(O)c1c(-c2ccc[nH]c2=O)c2c3ncsc3ccc2n1CC1=C=C=C(F)C=C1F. The summed E-state index contributed by atoms with van der Waals surface area (Å²) in [6.07, 6.45) is 2.11. The molecule has 0 aliphatic heterocycles. The first-order valence-electron chi connectivity index (χ1n) is 9.03. The Morgan fingerprint density at radius 3 is 2.84 bits per heavy atom. The van der Waals surface area contributed by atoms with Crippen molar-refractivity contribution in [1.82, 2.24) is 14.5 Å². The fourth-order valence-corrected chi connectivity index (χ4v) is 4.42. The molecular weight excluding hydrogens is 424 g/mol. The molecule has 152 valence electrons. The molecule has 1 aromatic carbocycles. The molecule has 0 spiro atoms. The zero-order chi connectivity index (χ0) is 21.7. The van der Waals surface area contributed by atoms with Gasteiger partial charge < -0.3 is 14.7 Å². The van der Waals surface area contributed by atoms with Gasteiger partial charge in [0, 0.05) is 23.2 Å². The molecule has 6 nitrogen and oxygen atoms in total. The Bertz CT molecular complexity index is 1610. The zero-order valence-electron chi connectivity index (χ0n) is 15.6. The lowest BCUT2D eigenvalue weighted by Crippen LogP contribution is -2.14. The average Bonchev–Trinajstić information content (AvgIpc) is 3.33. The van der Waals surface area contributed by atoms with Gasteiger partial charge in [0.15, 0.2) is 5.83 Å². The van der Waals surface area contributed by atoms with Gasteiger partial charge in [0.1, 0.15) is 11.5 Å². The summed E-state index contributed by atoms with van der Waals surface area (Å²) in [6, 6.07) is 6.60. The number of aromatic amines is 1. The number of hydrogen-bond donors (Lipinski definition) is 2. The number of nitrogens with zero attached hydrogens (tertiary/aromatic N) is 2. The van der Waals surface area contributed by atoms with E-state index >= 15 is 0 Å². The Balaban J connectivity index is 1.93. The van der Waals surface area contributed by atoms with Gasteiger partial charge >= 0.3 is 5.97 Å². The summed E-state index contributed by atoms with van der Waals surface area (Å²) in [6.45, 7) is -0.249. The van der Waals surface area contributed by atoms with Crippen LogP contribution in [0, 0.1) is 0 Å². The largest absolute Gasteiger partial charge is 0.477 e. The fourth-order valence-electron chi connectivity index (χ4n) is 3.74. The first-order chi connectivity index (χ1) is 15.0. The number of carbonyl (C=O) groups is 1. The number of hydrogen-bond acceptors (Lipinski definition) is 4. The van der Waals surface area contributed by atoms with Crippen LogP contribution in [0.5, 0.6) is 0 Å². The molecule has 0 amide bonds. The van der Waals surface area contributed by atoms with Crippen LogP contribution in [0.4, 0.5) is 8.78 Å². The Hall–Kier alpha value is -4.03. The van der Waals surface area contributed by atoms with E-state index < -0.39 is 23.2 Å². The van der Waals surface area contributed by atoms with Crippen LogP contribution in [0.15, 0.2) is 75.5 Å². The number of H-pyrrole nitrogens is 1. The number of nitrogens with one attached hydrogen (secondary N) is 1. The third-order valence-electron chi connectivity index (χ3n) is 5.01. The first-order valence-corrected chi connectivity index (χ1v) is 9.91. The summed E-state index contributed by atoms with van der Waals surface area (Å²) in [5.74, 6) is -3.08. The first kappa shape index (κ1) is 19.0. The van der Waals surface area contributed by atoms with Crippen LogP contribution < -0.4 is 5.56 Å². The van der Waals surface area contributed by atoms with E-state index in [9.17, 15) is 23.5 Å². The van der Waals surface area contributed by atoms with Crippen LogP contribution in [0.2, 0.25) is 0 Å². The van der Waals surface area contributed by atoms with E-state index in [0.717, 1.165) is 4.70 Å². The molecule has 9 heteroatoms. The van der Waals surface area contributed by atoms with Crippen molar-refractivity contribution in [2.24, 2.45) is 0 Å². The molecule has 0 saturated heterocycles. The highest BCUT2D eigenvalue weighted by atomic mass is 32.1. The van der Waals surface area contributed by atoms with E-state index in [4.69, 9.17) is 0 Å². The van der Waals surface area contributed by atoms with Crippen molar-refractivity contribution in [3.8, 4) is 11.1 Å². The molecule has 0 unspecified atom stereocenters. The molecule has 1 aliphatic carbocycles. The summed E-state index contributed by atoms with van der Waals surface area (Å²) >= 11 is 1.38. The van der Waals surface area contributed by atoms with Crippen molar-refractivity contribution >= 4 is 38.4 Å². The maximum absolute atomic E-state index is 14.3. The Labute approximate surface area is 176 Å². The molecule has 4 aromatic rings. The Morgan fingerprint density at radius 2 is 2.10 bits per heavy atom. The van der Waals surface area contributed by atoms with Gasteiger partial charge in [-0.15, -0.1) is 11.3 Å². The summed E-state index contributed by atoms with van der Waals surface area (Å²) < 4.78 is 29.8. The van der Waals surface area contributed by atoms with Gasteiger partial charge in [0.2, 0.25) is 0 Å². The Kier molecular flexibility index (Phi) is 4.30. The lowest BCUT2D eigenvalue weighted by Gasteiger charge is -2.10. The number of thiazole rings is 1. The molecule has 1 aliphatic rings. The molecule has 3 aromatic heterocycles. The number of aromatic carboxylic acids is 1. The average molecular weight is 435 g/mol. The molecular formula is C22H11F2N3O3S. The second-order valence-electron chi connectivity index (χ2n) is 6.76. The quantitative estimate of drug-likeness (QED) is 0.455. The number of carboxylic acids is 1. The lowest BCUT2D eigenvalue weighted by atomic mass is 10.0. The fraction of sp³-hybridized carbons (Fsp3) is 0.0455.